The summed E-state index contributed by atoms with van der Waals surface area (Å²) in [4.78, 5) is 27.5. The van der Waals surface area contributed by atoms with Gasteiger partial charge in [-0.25, -0.2) is 18.7 Å². The highest BCUT2D eigenvalue weighted by atomic mass is 35.5. The van der Waals surface area contributed by atoms with Gasteiger partial charge in [0.2, 0.25) is 0 Å². The molecule has 2 N–H and O–H groups in total. The maximum absolute atomic E-state index is 17.6. The van der Waals surface area contributed by atoms with Crippen molar-refractivity contribution in [3.05, 3.63) is 81.4 Å². The number of amides is 1. The Bertz CT molecular complexity index is 1380. The van der Waals surface area contributed by atoms with Crippen LogP contribution in [-0.4, -0.2) is 69.4 Å². The molecular formula is C29H29Cl2F2N3O5. The Hall–Kier alpha value is -2.73. The summed E-state index contributed by atoms with van der Waals surface area (Å²) in [5.41, 5.74) is 1.51. The van der Waals surface area contributed by atoms with E-state index in [0.29, 0.717) is 44.0 Å². The van der Waals surface area contributed by atoms with Crippen LogP contribution in [0.2, 0.25) is 10.0 Å². The fraction of sp³-hybridized carbons (Fsp3) is 0.414. The summed E-state index contributed by atoms with van der Waals surface area (Å²) in [5, 5.41) is 22.1. The molecule has 1 fully saturated rings. The monoisotopic (exact) mass is 607 g/mol. The number of hydrogen-bond acceptors (Lipinski definition) is 7. The molecule has 1 aromatic heterocycles. The van der Waals surface area contributed by atoms with Gasteiger partial charge in [-0.1, -0.05) is 41.4 Å². The topological polar surface area (TPSA) is 105 Å². The van der Waals surface area contributed by atoms with Crippen LogP contribution in [0.15, 0.2) is 48.8 Å². The zero-order valence-corrected chi connectivity index (χ0v) is 23.5. The van der Waals surface area contributed by atoms with Crippen LogP contribution in [-0.2, 0) is 21.8 Å². The summed E-state index contributed by atoms with van der Waals surface area (Å²) >= 11 is 12.1. The minimum atomic E-state index is -2.85. The van der Waals surface area contributed by atoms with Crippen molar-refractivity contribution in [2.45, 2.75) is 56.3 Å². The Morgan fingerprint density at radius 3 is 2.51 bits per heavy atom. The maximum atomic E-state index is 17.6. The van der Waals surface area contributed by atoms with Crippen LogP contribution < -0.4 is 0 Å². The Morgan fingerprint density at radius 1 is 1.12 bits per heavy atom. The third kappa shape index (κ3) is 6.09. The van der Waals surface area contributed by atoms with Crippen molar-refractivity contribution in [3.8, 4) is 11.1 Å². The molecule has 1 amide bonds. The second kappa shape index (κ2) is 12.6. The van der Waals surface area contributed by atoms with Crippen molar-refractivity contribution in [2.24, 2.45) is 0 Å². The van der Waals surface area contributed by atoms with Crippen molar-refractivity contribution in [2.75, 3.05) is 19.8 Å². The highest BCUT2D eigenvalue weighted by Crippen LogP contribution is 2.49. The molecular weight excluding hydrogens is 579 g/mol. The number of carbonyl (C=O) groups is 1. The third-order valence-electron chi connectivity index (χ3n) is 7.36. The maximum Gasteiger partial charge on any atom is 0.281 e. The van der Waals surface area contributed by atoms with Crippen molar-refractivity contribution in [1.29, 1.82) is 0 Å². The first-order valence-electron chi connectivity index (χ1n) is 13.3. The lowest BCUT2D eigenvalue weighted by atomic mass is 9.84. The molecule has 1 saturated heterocycles. The molecule has 2 aliphatic rings. The molecule has 0 spiro atoms. The van der Waals surface area contributed by atoms with Gasteiger partial charge in [-0.05, 0) is 47.7 Å². The van der Waals surface area contributed by atoms with Gasteiger partial charge in [0.25, 0.3) is 11.7 Å². The highest BCUT2D eigenvalue weighted by Gasteiger charge is 2.58. The number of fused-ring (bicyclic) bond motifs is 1. The molecule has 4 atom stereocenters. The predicted octanol–water partition coefficient (Wildman–Crippen LogP) is 5.20. The summed E-state index contributed by atoms with van der Waals surface area (Å²) in [6.07, 6.45) is -0.0366. The van der Waals surface area contributed by atoms with E-state index in [-0.39, 0.29) is 50.0 Å². The number of hydroxylamine groups is 2. The van der Waals surface area contributed by atoms with Crippen LogP contribution >= 0.6 is 23.2 Å². The molecule has 0 aliphatic carbocycles. The Morgan fingerprint density at radius 2 is 1.83 bits per heavy atom. The molecule has 218 valence electrons. The van der Waals surface area contributed by atoms with E-state index in [9.17, 15) is 19.4 Å². The van der Waals surface area contributed by atoms with Gasteiger partial charge in [0.05, 0.1) is 29.9 Å². The van der Waals surface area contributed by atoms with E-state index in [1.165, 1.54) is 18.5 Å². The van der Waals surface area contributed by atoms with Crippen LogP contribution in [0.5, 0.6) is 0 Å². The Labute approximate surface area is 245 Å². The fourth-order valence-corrected chi connectivity index (χ4v) is 5.64. The average Bonchev–Trinajstić information content (AvgIpc) is 3.19. The summed E-state index contributed by atoms with van der Waals surface area (Å²) in [6.45, 7) is -0.625. The van der Waals surface area contributed by atoms with Crippen LogP contribution in [0.4, 0.5) is 8.78 Å². The van der Waals surface area contributed by atoms with Crippen molar-refractivity contribution in [1.82, 2.24) is 15.0 Å². The standard InChI is InChI=1S/C29H29Cl2F2N3O5/c30-18-3-1-17(2-4-18)22-6-7-23-27(24(22)14-26-34-15-19(31)16-35-26)29(33,36(28(23)39)41-12-10-37)25(38)8-5-21-13-20(32)9-11-40-21/h1-4,6-7,15-16,20-21,25,37-38H,5,8-14H2/t20?,21?,25-,29-/m1/s1. The van der Waals surface area contributed by atoms with E-state index >= 15 is 4.39 Å². The molecule has 2 aliphatic heterocycles. The molecule has 3 aromatic rings. The SMILES string of the molecule is O=C1c2ccc(-c3ccc(Cl)cc3)c(Cc3ncc(Cl)cn3)c2[C@@](F)([C@H](O)CCC2CC(F)CCO2)N1OCCO. The second-order valence-electron chi connectivity index (χ2n) is 10.1. The molecule has 12 heteroatoms. The molecule has 5 rings (SSSR count). The zero-order chi connectivity index (χ0) is 29.1. The van der Waals surface area contributed by atoms with Crippen LogP contribution in [0.25, 0.3) is 11.1 Å². The summed E-state index contributed by atoms with van der Waals surface area (Å²) in [6, 6.07) is 10.1. The highest BCUT2D eigenvalue weighted by molar-refractivity contribution is 6.30. The largest absolute Gasteiger partial charge is 0.394 e. The molecule has 0 bridgehead atoms. The normalized spacial score (nSPS) is 23.1. The molecule has 2 unspecified atom stereocenters. The van der Waals surface area contributed by atoms with E-state index in [4.69, 9.17) is 32.8 Å². The number of aromatic nitrogens is 2. The van der Waals surface area contributed by atoms with E-state index in [1.54, 1.807) is 30.3 Å². The van der Waals surface area contributed by atoms with Gasteiger partial charge >= 0.3 is 0 Å². The lowest BCUT2D eigenvalue weighted by molar-refractivity contribution is -0.263. The first-order valence-corrected chi connectivity index (χ1v) is 14.1. The quantitative estimate of drug-likeness (QED) is 0.305. The predicted molar refractivity (Wildman–Crippen MR) is 148 cm³/mol. The number of rotatable bonds is 10. The minimum absolute atomic E-state index is 0.00687. The van der Waals surface area contributed by atoms with Gasteiger partial charge in [0.1, 0.15) is 18.1 Å². The zero-order valence-electron chi connectivity index (χ0n) is 22.0. The molecule has 0 radical (unpaired) electrons. The number of aliphatic hydroxyl groups excluding tert-OH is 2. The van der Waals surface area contributed by atoms with Crippen LogP contribution in [0, 0.1) is 0 Å². The fourth-order valence-electron chi connectivity index (χ4n) is 5.41. The van der Waals surface area contributed by atoms with Gasteiger partial charge in [-0.15, -0.1) is 0 Å². The number of nitrogens with zero attached hydrogens (tertiary/aromatic N) is 3. The van der Waals surface area contributed by atoms with E-state index in [2.05, 4.69) is 9.97 Å². The van der Waals surface area contributed by atoms with Crippen LogP contribution in [0.3, 0.4) is 0 Å². The lowest BCUT2D eigenvalue weighted by Gasteiger charge is -2.36. The molecule has 3 heterocycles. The van der Waals surface area contributed by atoms with E-state index in [0.717, 1.165) is 0 Å². The summed E-state index contributed by atoms with van der Waals surface area (Å²) < 4.78 is 37.2. The summed E-state index contributed by atoms with van der Waals surface area (Å²) in [5.74, 6) is -3.36. The lowest BCUT2D eigenvalue weighted by Crippen LogP contribution is -2.49. The Kier molecular flexibility index (Phi) is 9.18. The minimum Gasteiger partial charge on any atom is -0.394 e. The number of carbonyl (C=O) groups excluding carboxylic acids is 1. The van der Waals surface area contributed by atoms with Crippen molar-refractivity contribution in [3.63, 3.8) is 0 Å². The van der Waals surface area contributed by atoms with E-state index < -0.39 is 36.7 Å². The summed E-state index contributed by atoms with van der Waals surface area (Å²) in [7, 11) is 0. The molecule has 2 aromatic carbocycles. The van der Waals surface area contributed by atoms with E-state index in [1.807, 2.05) is 0 Å². The number of halogens is 4. The third-order valence-corrected chi connectivity index (χ3v) is 7.80. The van der Waals surface area contributed by atoms with Gasteiger partial charge in [0.15, 0.2) is 0 Å². The van der Waals surface area contributed by atoms with Crippen LogP contribution in [0.1, 0.15) is 53.0 Å². The van der Waals surface area contributed by atoms with Gasteiger partial charge in [0, 0.05) is 48.8 Å². The van der Waals surface area contributed by atoms with Crippen molar-refractivity contribution < 1.29 is 33.4 Å². The average molecular weight is 608 g/mol. The van der Waals surface area contributed by atoms with Gasteiger partial charge in [-0.2, -0.15) is 5.06 Å². The Balaban J connectivity index is 1.62. The molecule has 0 saturated carbocycles. The number of benzene rings is 2. The number of ether oxygens (including phenoxy) is 1. The number of alkyl halides is 2. The molecule has 41 heavy (non-hydrogen) atoms. The first-order chi connectivity index (χ1) is 19.7. The first kappa shape index (κ1) is 29.8. The van der Waals surface area contributed by atoms with Gasteiger partial charge in [-0.3, -0.25) is 9.63 Å². The van der Waals surface area contributed by atoms with Crippen molar-refractivity contribution >= 4 is 29.1 Å². The number of aliphatic hydroxyl groups is 2. The van der Waals surface area contributed by atoms with Gasteiger partial charge < -0.3 is 14.9 Å². The smallest absolute Gasteiger partial charge is 0.281 e. The second-order valence-corrected chi connectivity index (χ2v) is 10.9. The number of hydrogen-bond donors (Lipinski definition) is 2. The molecule has 8 nitrogen and oxygen atoms in total.